The number of ether oxygens (including phenoxy) is 2. The number of methoxy groups -OCH3 is 1. The van der Waals surface area contributed by atoms with E-state index in [2.05, 4.69) is 39.9 Å². The maximum atomic E-state index is 11.8. The number of carbonyl (C=O) groups is 1. The monoisotopic (exact) mass is 538 g/mol. The zero-order valence-corrected chi connectivity index (χ0v) is 20.6. The molecule has 3 rings (SSSR count). The van der Waals surface area contributed by atoms with Crippen molar-refractivity contribution in [2.24, 2.45) is 4.99 Å². The second-order valence-electron chi connectivity index (χ2n) is 7.08. The fourth-order valence-corrected chi connectivity index (χ4v) is 3.38. The highest BCUT2D eigenvalue weighted by Crippen LogP contribution is 2.30. The van der Waals surface area contributed by atoms with E-state index in [-0.39, 0.29) is 29.9 Å². The molecule has 0 spiro atoms. The van der Waals surface area contributed by atoms with Crippen LogP contribution in [0.1, 0.15) is 30.9 Å². The second kappa shape index (κ2) is 12.4. The van der Waals surface area contributed by atoms with Crippen molar-refractivity contribution >= 4 is 41.5 Å². The Balaban J connectivity index is 0.00000341. The van der Waals surface area contributed by atoms with Crippen LogP contribution < -0.4 is 20.1 Å². The van der Waals surface area contributed by atoms with Crippen LogP contribution in [0.2, 0.25) is 0 Å². The van der Waals surface area contributed by atoms with Gasteiger partial charge in [0.05, 0.1) is 13.7 Å². The van der Waals surface area contributed by atoms with Crippen molar-refractivity contribution in [2.45, 2.75) is 32.9 Å². The summed E-state index contributed by atoms with van der Waals surface area (Å²) in [5.41, 5.74) is 3.15. The smallest absolute Gasteiger partial charge is 0.222 e. The Morgan fingerprint density at radius 2 is 1.87 bits per heavy atom. The van der Waals surface area contributed by atoms with E-state index in [1.807, 2.05) is 30.0 Å². The van der Waals surface area contributed by atoms with Gasteiger partial charge in [-0.15, -0.1) is 24.0 Å². The Labute approximate surface area is 201 Å². The summed E-state index contributed by atoms with van der Waals surface area (Å²) in [6, 6.07) is 14.0. The fourth-order valence-electron chi connectivity index (χ4n) is 3.38. The number of nitrogens with zero attached hydrogens (tertiary/aromatic N) is 2. The van der Waals surface area contributed by atoms with Gasteiger partial charge in [-0.2, -0.15) is 0 Å². The van der Waals surface area contributed by atoms with Gasteiger partial charge in [-0.25, -0.2) is 0 Å². The van der Waals surface area contributed by atoms with Crippen LogP contribution in [0.3, 0.4) is 0 Å². The first-order chi connectivity index (χ1) is 14.6. The quantitative estimate of drug-likeness (QED) is 0.302. The minimum absolute atomic E-state index is 0. The lowest BCUT2D eigenvalue weighted by atomic mass is 10.1. The summed E-state index contributed by atoms with van der Waals surface area (Å²) in [5.74, 6) is 2.30. The Hall–Kier alpha value is -2.49. The van der Waals surface area contributed by atoms with Crippen molar-refractivity contribution in [3.05, 3.63) is 53.6 Å². The molecule has 0 atom stereocenters. The van der Waals surface area contributed by atoms with Crippen LogP contribution in [-0.2, 0) is 17.9 Å². The first-order valence-corrected chi connectivity index (χ1v) is 10.3. The predicted octanol–water partition coefficient (Wildman–Crippen LogP) is 4.02. The molecule has 1 fully saturated rings. The molecule has 0 unspecified atom stereocenters. The molecule has 2 N–H and O–H groups in total. The van der Waals surface area contributed by atoms with Gasteiger partial charge < -0.3 is 25.0 Å². The van der Waals surface area contributed by atoms with E-state index in [1.165, 1.54) is 0 Å². The van der Waals surface area contributed by atoms with Gasteiger partial charge in [0.1, 0.15) is 0 Å². The number of benzene rings is 2. The normalized spacial score (nSPS) is 13.6. The highest BCUT2D eigenvalue weighted by atomic mass is 127. The number of anilines is 1. The Kier molecular flexibility index (Phi) is 9.90. The van der Waals surface area contributed by atoms with Gasteiger partial charge in [0.25, 0.3) is 0 Å². The zero-order valence-electron chi connectivity index (χ0n) is 18.3. The molecule has 0 radical (unpaired) electrons. The highest BCUT2D eigenvalue weighted by Gasteiger charge is 2.19. The molecule has 7 nitrogen and oxygen atoms in total. The third-order valence-corrected chi connectivity index (χ3v) is 4.98. The van der Waals surface area contributed by atoms with Crippen LogP contribution in [0, 0.1) is 0 Å². The maximum absolute atomic E-state index is 11.8. The Bertz CT molecular complexity index is 887. The number of guanidine groups is 1. The van der Waals surface area contributed by atoms with Crippen molar-refractivity contribution in [2.75, 3.05) is 32.6 Å². The van der Waals surface area contributed by atoms with E-state index >= 15 is 0 Å². The van der Waals surface area contributed by atoms with Crippen molar-refractivity contribution < 1.29 is 14.3 Å². The van der Waals surface area contributed by atoms with E-state index in [4.69, 9.17) is 9.47 Å². The molecule has 0 saturated carbocycles. The molecule has 2 aromatic rings. The molecule has 1 aliphatic heterocycles. The van der Waals surface area contributed by atoms with Crippen molar-refractivity contribution in [1.82, 2.24) is 10.2 Å². The van der Waals surface area contributed by atoms with Crippen LogP contribution in [-0.4, -0.2) is 44.1 Å². The summed E-state index contributed by atoms with van der Waals surface area (Å²) in [4.78, 5) is 18.0. The standard InChI is InChI=1S/C23H30N4O3.HI/c1-4-30-21-14-19(11-12-20(21)29-3)26-23(24-2)25-15-17-7-9-18(10-8-17)16-27-13-5-6-22(27)28;/h7-12,14H,4-6,13,15-16H2,1-3H3,(H2,24,25,26);1H. The van der Waals surface area contributed by atoms with E-state index in [9.17, 15) is 4.79 Å². The van der Waals surface area contributed by atoms with Gasteiger partial charge in [0.2, 0.25) is 5.91 Å². The average molecular weight is 538 g/mol. The van der Waals surface area contributed by atoms with Crippen LogP contribution >= 0.6 is 24.0 Å². The maximum Gasteiger partial charge on any atom is 0.222 e. The molecule has 168 valence electrons. The second-order valence-corrected chi connectivity index (χ2v) is 7.08. The van der Waals surface area contributed by atoms with Crippen molar-refractivity contribution in [3.63, 3.8) is 0 Å². The van der Waals surface area contributed by atoms with Gasteiger partial charge in [-0.3, -0.25) is 9.79 Å². The number of likely N-dealkylation sites (tertiary alicyclic amines) is 1. The van der Waals surface area contributed by atoms with E-state index in [0.29, 0.717) is 43.6 Å². The summed E-state index contributed by atoms with van der Waals surface area (Å²) in [5, 5.41) is 6.59. The van der Waals surface area contributed by atoms with E-state index < -0.39 is 0 Å². The van der Waals surface area contributed by atoms with Crippen LogP contribution in [0.4, 0.5) is 5.69 Å². The molecule has 1 heterocycles. The highest BCUT2D eigenvalue weighted by molar-refractivity contribution is 14.0. The van der Waals surface area contributed by atoms with Crippen LogP contribution in [0.5, 0.6) is 11.5 Å². The number of amides is 1. The SMILES string of the molecule is CCOc1cc(NC(=NC)NCc2ccc(CN3CCCC3=O)cc2)ccc1OC.I. The molecule has 0 bridgehead atoms. The lowest BCUT2D eigenvalue weighted by Gasteiger charge is -2.16. The molecule has 0 aromatic heterocycles. The molecule has 0 aliphatic carbocycles. The molecular formula is C23H31IN4O3. The Morgan fingerprint density at radius 1 is 1.13 bits per heavy atom. The minimum atomic E-state index is 0. The largest absolute Gasteiger partial charge is 0.493 e. The number of hydrogen-bond donors (Lipinski definition) is 2. The summed E-state index contributed by atoms with van der Waals surface area (Å²) in [6.07, 6.45) is 1.64. The number of carbonyl (C=O) groups excluding carboxylic acids is 1. The van der Waals surface area contributed by atoms with Gasteiger partial charge >= 0.3 is 0 Å². The lowest BCUT2D eigenvalue weighted by molar-refractivity contribution is -0.128. The molecule has 2 aromatic carbocycles. The zero-order chi connectivity index (χ0) is 21.3. The van der Waals surface area contributed by atoms with E-state index in [1.54, 1.807) is 14.2 Å². The topological polar surface area (TPSA) is 75.2 Å². The third kappa shape index (κ3) is 7.02. The van der Waals surface area contributed by atoms with E-state index in [0.717, 1.165) is 29.8 Å². The third-order valence-electron chi connectivity index (χ3n) is 4.98. The van der Waals surface area contributed by atoms with Gasteiger partial charge in [0, 0.05) is 44.9 Å². The first-order valence-electron chi connectivity index (χ1n) is 10.3. The van der Waals surface area contributed by atoms with Crippen molar-refractivity contribution in [1.29, 1.82) is 0 Å². The van der Waals surface area contributed by atoms with Crippen molar-refractivity contribution in [3.8, 4) is 11.5 Å². The lowest BCUT2D eigenvalue weighted by Crippen LogP contribution is -2.30. The molecule has 1 amide bonds. The summed E-state index contributed by atoms with van der Waals surface area (Å²) in [7, 11) is 3.36. The molecule has 1 saturated heterocycles. The number of rotatable bonds is 8. The fraction of sp³-hybridized carbons (Fsp3) is 0.391. The molecular weight excluding hydrogens is 507 g/mol. The van der Waals surface area contributed by atoms with Gasteiger partial charge in [0.15, 0.2) is 17.5 Å². The van der Waals surface area contributed by atoms with Gasteiger partial charge in [-0.05, 0) is 36.6 Å². The number of aliphatic imine (C=N–C) groups is 1. The molecule has 1 aliphatic rings. The van der Waals surface area contributed by atoms with Crippen LogP contribution in [0.15, 0.2) is 47.5 Å². The number of nitrogens with one attached hydrogen (secondary N) is 2. The number of halogens is 1. The van der Waals surface area contributed by atoms with Crippen LogP contribution in [0.25, 0.3) is 0 Å². The minimum Gasteiger partial charge on any atom is -0.493 e. The molecule has 31 heavy (non-hydrogen) atoms. The Morgan fingerprint density at radius 3 is 2.48 bits per heavy atom. The molecule has 8 heteroatoms. The summed E-state index contributed by atoms with van der Waals surface area (Å²) >= 11 is 0. The summed E-state index contributed by atoms with van der Waals surface area (Å²) in [6.45, 7) is 4.69. The van der Waals surface area contributed by atoms with Gasteiger partial charge in [-0.1, -0.05) is 24.3 Å². The number of hydrogen-bond acceptors (Lipinski definition) is 4. The summed E-state index contributed by atoms with van der Waals surface area (Å²) < 4.78 is 11.0. The first kappa shape index (κ1) is 24.8. The predicted molar refractivity (Wildman–Crippen MR) is 134 cm³/mol. The average Bonchev–Trinajstić information content (AvgIpc) is 3.17.